The molecule has 0 saturated carbocycles. The molecule has 23 N–H and O–H groups in total. The molecule has 34 heteroatoms. The number of hydrogen-bond acceptors (Lipinski definition) is 29. The molecule has 0 fully saturated rings. The number of nitrogens with zero attached hydrogens (tertiary/aromatic N) is 5. The second-order valence-corrected chi connectivity index (χ2v) is 36.8. The summed E-state index contributed by atoms with van der Waals surface area (Å²) in [6.07, 6.45) is 16.3. The summed E-state index contributed by atoms with van der Waals surface area (Å²) < 4.78 is 0. The minimum absolute atomic E-state index is 0.0261. The van der Waals surface area contributed by atoms with Gasteiger partial charge in [-0.05, 0) is 236 Å². The van der Waals surface area contributed by atoms with Crippen LogP contribution in [-0.2, 0) is 4.79 Å². The zero-order chi connectivity index (χ0) is 104. The second-order valence-electron chi connectivity index (χ2n) is 36.8. The highest BCUT2D eigenvalue weighted by molar-refractivity contribution is 6.20. The Kier molecular flexibility index (Phi) is 35.3. The molecule has 756 valence electrons. The molecule has 5 amide bonds. The maximum absolute atomic E-state index is 13.5. The molecule has 4 atom stereocenters. The van der Waals surface area contributed by atoms with Crippen molar-refractivity contribution in [3.05, 3.63) is 249 Å². The number of aliphatic hydroxyl groups excluding tert-OH is 3. The van der Waals surface area contributed by atoms with E-state index in [-0.39, 0.29) is 211 Å². The number of hydrogen-bond donors (Lipinski definition) is 23. The maximum atomic E-state index is 13.5. The summed E-state index contributed by atoms with van der Waals surface area (Å²) in [6, 6.07) is 37.0. The van der Waals surface area contributed by atoms with E-state index in [1.807, 2.05) is 58.9 Å². The number of rotatable bonds is 27. The number of β-amino-alcohol motifs (C(OH)–C–C–N with tert-alkyl or cyclic N) is 2. The van der Waals surface area contributed by atoms with Crippen LogP contribution in [0.25, 0.3) is 0 Å². The number of fused-ring (bicyclic) bond motifs is 10. The number of phenols is 13. The average molecular weight is 1960 g/mol. The maximum Gasteiger partial charge on any atom is 0.260 e. The van der Waals surface area contributed by atoms with Gasteiger partial charge >= 0.3 is 0 Å². The molecule has 0 radical (unpaired) electrons. The SMILES string of the molecule is CC(C)=CCC/C(C)=C/CCC(C)(O)C(O)CN1C(=O)c2cccc(O)c2Nc2c(O)cc(O)cc21.CC(C)=CCCC(C)(O)C(O)CC/C(C)=C/CN1C(=O)c2cccc(O)c2Nc2c(O)cc(O)cc21.CCCC/C(C)=C/CN1C(=O)c2cccc(O)c2Nc2c(O)cc(O)cc21.Cc1cc(O)c2c(c1)N(CC=O)C(=O)c1cccc(O)c1N2.Cc1cc(O)c2c(c1)N(CCO)C(=O)c1cccc(O)c1N2. The van der Waals surface area contributed by atoms with Gasteiger partial charge in [0.1, 0.15) is 116 Å². The van der Waals surface area contributed by atoms with Crippen LogP contribution in [0.1, 0.15) is 203 Å². The number of benzene rings is 10. The van der Waals surface area contributed by atoms with E-state index in [4.69, 9.17) is 0 Å². The van der Waals surface area contributed by atoms with Crippen molar-refractivity contribution < 1.29 is 121 Å². The summed E-state index contributed by atoms with van der Waals surface area (Å²) in [4.78, 5) is 83.3. The highest BCUT2D eigenvalue weighted by Crippen LogP contribution is 2.52. The first-order valence-electron chi connectivity index (χ1n) is 46.8. The lowest BCUT2D eigenvalue weighted by Gasteiger charge is -2.33. The molecular formula is C109H126N10O24. The molecule has 0 spiro atoms. The van der Waals surface area contributed by atoms with Gasteiger partial charge in [0.2, 0.25) is 0 Å². The lowest BCUT2D eigenvalue weighted by molar-refractivity contribution is -0.106. The summed E-state index contributed by atoms with van der Waals surface area (Å²) in [5.41, 5.74) is 9.35. The van der Waals surface area contributed by atoms with Crippen LogP contribution in [0, 0.1) is 13.8 Å². The molecule has 0 saturated heterocycles. The number of carbonyl (C=O) groups excluding carboxylic acids is 6. The number of phenolic OH excluding ortho intramolecular Hbond substituents is 13. The fourth-order valence-electron chi connectivity index (χ4n) is 16.7. The number of carbonyl (C=O) groups is 6. The fraction of sp³-hybridized carbons (Fsp3) is 0.303. The van der Waals surface area contributed by atoms with Crippen LogP contribution < -0.4 is 51.1 Å². The minimum Gasteiger partial charge on any atom is -0.508 e. The highest BCUT2D eigenvalue weighted by atomic mass is 16.3. The first-order chi connectivity index (χ1) is 67.8. The Labute approximate surface area is 828 Å². The van der Waals surface area contributed by atoms with Crippen molar-refractivity contribution in [1.29, 1.82) is 0 Å². The summed E-state index contributed by atoms with van der Waals surface area (Å²) in [5, 5.41) is 200. The zero-order valence-corrected chi connectivity index (χ0v) is 81.8. The highest BCUT2D eigenvalue weighted by Gasteiger charge is 2.40. The zero-order valence-electron chi connectivity index (χ0n) is 81.8. The molecule has 5 aliphatic heterocycles. The summed E-state index contributed by atoms with van der Waals surface area (Å²) in [6.45, 7) is 22.8. The Morgan fingerprint density at radius 2 is 0.650 bits per heavy atom. The Hall–Kier alpha value is -15.9. The third-order valence-electron chi connectivity index (χ3n) is 24.8. The van der Waals surface area contributed by atoms with Gasteiger partial charge in [0, 0.05) is 56.0 Å². The summed E-state index contributed by atoms with van der Waals surface area (Å²) in [5.74, 6) is -4.22. The number of aldehydes is 1. The summed E-state index contributed by atoms with van der Waals surface area (Å²) in [7, 11) is 0. The van der Waals surface area contributed by atoms with Crippen LogP contribution in [0.4, 0.5) is 85.3 Å². The van der Waals surface area contributed by atoms with Gasteiger partial charge in [-0.2, -0.15) is 0 Å². The van der Waals surface area contributed by atoms with Gasteiger partial charge in [-0.1, -0.05) is 102 Å². The predicted octanol–water partition coefficient (Wildman–Crippen LogP) is 19.2. The summed E-state index contributed by atoms with van der Waals surface area (Å²) >= 11 is 0. The van der Waals surface area contributed by atoms with Crippen LogP contribution in [0.5, 0.6) is 74.7 Å². The Bertz CT molecular complexity index is 6610. The smallest absolute Gasteiger partial charge is 0.260 e. The van der Waals surface area contributed by atoms with Crippen molar-refractivity contribution in [3.8, 4) is 74.7 Å². The Morgan fingerprint density at radius 1 is 0.350 bits per heavy atom. The molecule has 0 aromatic heterocycles. The molecule has 143 heavy (non-hydrogen) atoms. The van der Waals surface area contributed by atoms with Gasteiger partial charge in [-0.25, -0.2) is 0 Å². The molecule has 10 aromatic carbocycles. The number of unbranched alkanes of at least 4 members (excludes halogenated alkanes) is 1. The van der Waals surface area contributed by atoms with Crippen molar-refractivity contribution in [2.75, 3.05) is 90.4 Å². The van der Waals surface area contributed by atoms with Gasteiger partial charge in [0.25, 0.3) is 29.5 Å². The van der Waals surface area contributed by atoms with Crippen LogP contribution in [-0.4, -0.2) is 190 Å². The number of aromatic hydroxyl groups is 13. The van der Waals surface area contributed by atoms with Crippen LogP contribution in [0.15, 0.2) is 210 Å². The van der Waals surface area contributed by atoms with Crippen LogP contribution >= 0.6 is 0 Å². The second kappa shape index (κ2) is 46.9. The van der Waals surface area contributed by atoms with E-state index in [2.05, 4.69) is 53.4 Å². The van der Waals surface area contributed by atoms with E-state index in [0.717, 1.165) is 60.9 Å². The fourth-order valence-corrected chi connectivity index (χ4v) is 16.7. The molecule has 0 aliphatic carbocycles. The molecule has 4 unspecified atom stereocenters. The molecule has 0 bridgehead atoms. The van der Waals surface area contributed by atoms with E-state index in [0.29, 0.717) is 73.2 Å². The number of aryl methyl sites for hydroxylation is 2. The van der Waals surface area contributed by atoms with Gasteiger partial charge in [-0.15, -0.1) is 0 Å². The lowest BCUT2D eigenvalue weighted by atomic mass is 9.89. The van der Waals surface area contributed by atoms with Gasteiger partial charge < -0.3 is 143 Å². The monoisotopic (exact) mass is 1960 g/mol. The molecule has 5 heterocycles. The quantitative estimate of drug-likeness (QED) is 0.00984. The first-order valence-corrected chi connectivity index (χ1v) is 46.8. The van der Waals surface area contributed by atoms with Crippen molar-refractivity contribution in [3.63, 3.8) is 0 Å². The number of para-hydroxylation sites is 5. The Balaban J connectivity index is 0.000000173. The lowest BCUT2D eigenvalue weighted by Crippen LogP contribution is -2.48. The molecular weight excluding hydrogens is 1830 g/mol. The first kappa shape index (κ1) is 108. The van der Waals surface area contributed by atoms with E-state index in [1.165, 1.54) is 120 Å². The topological polar surface area (TPSA) is 543 Å². The van der Waals surface area contributed by atoms with Crippen molar-refractivity contribution in [2.24, 2.45) is 0 Å². The van der Waals surface area contributed by atoms with E-state index >= 15 is 0 Å². The van der Waals surface area contributed by atoms with Crippen molar-refractivity contribution in [1.82, 2.24) is 0 Å². The number of amides is 5. The third kappa shape index (κ3) is 25.7. The molecule has 34 nitrogen and oxygen atoms in total. The van der Waals surface area contributed by atoms with Crippen molar-refractivity contribution >= 4 is 121 Å². The van der Waals surface area contributed by atoms with Crippen LogP contribution in [0.3, 0.4) is 0 Å². The Morgan fingerprint density at radius 3 is 1.01 bits per heavy atom. The third-order valence-corrected chi connectivity index (χ3v) is 24.8. The van der Waals surface area contributed by atoms with E-state index in [9.17, 15) is 121 Å². The largest absolute Gasteiger partial charge is 0.508 e. The minimum atomic E-state index is -1.52. The number of anilines is 15. The van der Waals surface area contributed by atoms with Crippen LogP contribution in [0.2, 0.25) is 0 Å². The van der Waals surface area contributed by atoms with E-state index < -0.39 is 41.1 Å². The molecule has 10 aromatic rings. The average Bonchev–Trinajstić information content (AvgIpc) is 1.63. The normalized spacial score (nSPS) is 14.5. The predicted molar refractivity (Wildman–Crippen MR) is 553 cm³/mol. The van der Waals surface area contributed by atoms with Crippen molar-refractivity contribution in [2.45, 2.75) is 177 Å². The number of nitrogens with one attached hydrogen (secondary N) is 5. The van der Waals surface area contributed by atoms with Gasteiger partial charge in [-0.3, -0.25) is 28.9 Å². The number of aliphatic hydroxyl groups is 5. The van der Waals surface area contributed by atoms with E-state index in [1.54, 1.807) is 93.6 Å². The van der Waals surface area contributed by atoms with Gasteiger partial charge in [0.15, 0.2) is 0 Å². The standard InChI is InChI=1S/2C28H36N2O6.C21H24N2O4.C16H16N2O4.C16H14N2O4/c1-17(2)8-5-9-18(3)10-7-13-28(4,36)24(34)16-30-21-14-19(31)15-23(33)26(21)29-25-20(27(30)35)11-6-12-22(25)32;1-17(2)7-6-13-28(4,36)24(34)11-10-18(3)12-14-30-21-15-19(31)16-23(33)26(21)29-25-20(27(30)35)8-5-9-22(25)32;1-3-4-6-13(2)9-10-23-16-11-14(24)12-18(26)20(16)22-19-15(21(23)27)7-5-8-17(19)25;2*1-9-7-11-15(13(21)8-9)17-14-10(3-2-4-12(14)20)16(22)18(11)5-6-19/h6,8,10-12,14-15,24,29,31-34,36H,5,7,9,13,16H2,1-4H3;5,7-9,12,15-16,24,29,31-34,36H,6,10-11,13-14H2,1-4H3;5,7-9,11-12,22,24-26H,3-4,6,10H2,1-2H3;2-4,7-8,17,19-21H,5-6H2,1H3;2-4,6-8,17,20-21H,5H2,1H3/b18-10+;18-12+;13-9+;;. The molecule has 5 aliphatic rings. The van der Waals surface area contributed by atoms with Gasteiger partial charge in [0.05, 0.1) is 122 Å². The number of allylic oxidation sites excluding steroid dienone is 8. The molecule has 15 rings (SSSR count).